The van der Waals surface area contributed by atoms with Crippen molar-refractivity contribution in [3.8, 4) is 11.5 Å². The van der Waals surface area contributed by atoms with E-state index >= 15 is 0 Å². The van der Waals surface area contributed by atoms with Crippen LogP contribution in [-0.4, -0.2) is 48.8 Å². The smallest absolute Gasteiger partial charge is 0.307 e. The van der Waals surface area contributed by atoms with Crippen molar-refractivity contribution >= 4 is 27.6 Å². The van der Waals surface area contributed by atoms with Crippen LogP contribution >= 0.6 is 0 Å². The number of amides is 1. The minimum Gasteiger partial charge on any atom is -0.456 e. The van der Waals surface area contributed by atoms with E-state index < -0.39 is 34.3 Å². The van der Waals surface area contributed by atoms with Gasteiger partial charge in [-0.3, -0.25) is 9.59 Å². The Morgan fingerprint density at radius 3 is 2.64 bits per heavy atom. The van der Waals surface area contributed by atoms with Crippen molar-refractivity contribution in [2.45, 2.75) is 49.8 Å². The summed E-state index contributed by atoms with van der Waals surface area (Å²) in [6.07, 6.45) is 4.91. The number of ether oxygens (including phenoxy) is 3. The fourth-order valence-electron chi connectivity index (χ4n) is 3.72. The Morgan fingerprint density at radius 2 is 1.94 bits per heavy atom. The molecule has 2 heterocycles. The summed E-state index contributed by atoms with van der Waals surface area (Å²) in [4.78, 5) is 28.0. The topological polar surface area (TPSA) is 138 Å². The molecule has 1 fully saturated rings. The number of hydrogen-bond acceptors (Lipinski definition) is 8. The molecule has 33 heavy (non-hydrogen) atoms. The number of rotatable bonds is 8. The van der Waals surface area contributed by atoms with E-state index in [1.54, 1.807) is 36.7 Å². The van der Waals surface area contributed by atoms with Gasteiger partial charge in [0, 0.05) is 44.4 Å². The van der Waals surface area contributed by atoms with Gasteiger partial charge in [-0.25, -0.2) is 18.1 Å². The van der Waals surface area contributed by atoms with Crippen molar-refractivity contribution < 1.29 is 32.2 Å². The van der Waals surface area contributed by atoms with Crippen LogP contribution in [0.2, 0.25) is 0 Å². The van der Waals surface area contributed by atoms with Gasteiger partial charge in [0.05, 0.1) is 6.42 Å². The lowest BCUT2D eigenvalue weighted by molar-refractivity contribution is -0.147. The Bertz CT molecular complexity index is 1150. The highest BCUT2D eigenvalue weighted by atomic mass is 32.2. The van der Waals surface area contributed by atoms with Gasteiger partial charge in [0.2, 0.25) is 0 Å². The van der Waals surface area contributed by atoms with Crippen molar-refractivity contribution in [2.75, 3.05) is 18.5 Å². The van der Waals surface area contributed by atoms with Crippen LogP contribution in [0.1, 0.15) is 37.9 Å². The Hall–Kier alpha value is -3.12. The molecular weight excluding hydrogens is 452 g/mol. The number of esters is 1. The van der Waals surface area contributed by atoms with E-state index in [2.05, 4.69) is 15.0 Å². The average Bonchev–Trinajstić information content (AvgIpc) is 3.45. The van der Waals surface area contributed by atoms with Gasteiger partial charge in [-0.05, 0) is 31.9 Å². The third kappa shape index (κ3) is 5.28. The highest BCUT2D eigenvalue weighted by Gasteiger charge is 2.44. The number of sulfonamides is 1. The summed E-state index contributed by atoms with van der Waals surface area (Å²) in [6.45, 7) is 1.00. The minimum absolute atomic E-state index is 0.127. The Labute approximate surface area is 191 Å². The first-order valence-electron chi connectivity index (χ1n) is 10.6. The number of aromatic nitrogens is 2. The van der Waals surface area contributed by atoms with E-state index in [0.29, 0.717) is 23.0 Å². The molecule has 178 valence electrons. The van der Waals surface area contributed by atoms with Crippen molar-refractivity contribution in [3.05, 3.63) is 30.2 Å². The first-order valence-corrected chi connectivity index (χ1v) is 12.1. The molecule has 1 saturated carbocycles. The molecule has 1 aliphatic heterocycles. The van der Waals surface area contributed by atoms with E-state index in [-0.39, 0.29) is 18.0 Å². The van der Waals surface area contributed by atoms with E-state index in [4.69, 9.17) is 14.2 Å². The van der Waals surface area contributed by atoms with Gasteiger partial charge in [0.15, 0.2) is 23.1 Å². The highest BCUT2D eigenvalue weighted by molar-refractivity contribution is 7.89. The molecule has 1 aliphatic carbocycles. The van der Waals surface area contributed by atoms with Crippen molar-refractivity contribution in [2.24, 2.45) is 7.05 Å². The number of imidazole rings is 1. The number of carbonyl (C=O) groups is 2. The molecule has 2 aliphatic rings. The van der Waals surface area contributed by atoms with Gasteiger partial charge in [-0.2, -0.15) is 0 Å². The third-order valence-electron chi connectivity index (χ3n) is 5.53. The monoisotopic (exact) mass is 478 g/mol. The second-order valence-corrected chi connectivity index (χ2v) is 9.79. The van der Waals surface area contributed by atoms with Gasteiger partial charge in [-0.15, -0.1) is 0 Å². The molecule has 0 saturated heterocycles. The molecule has 11 nitrogen and oxygen atoms in total. The molecule has 1 amide bonds. The lowest BCUT2D eigenvalue weighted by Crippen LogP contribution is -2.34. The van der Waals surface area contributed by atoms with E-state index in [1.807, 2.05) is 0 Å². The fourth-order valence-corrected chi connectivity index (χ4v) is 4.79. The molecule has 0 atom stereocenters. The molecule has 0 unspecified atom stereocenters. The first-order chi connectivity index (χ1) is 15.7. The van der Waals surface area contributed by atoms with Crippen LogP contribution < -0.4 is 19.5 Å². The summed E-state index contributed by atoms with van der Waals surface area (Å²) in [5, 5.41) is 2.51. The molecule has 12 heteroatoms. The summed E-state index contributed by atoms with van der Waals surface area (Å²) < 4.78 is 45.1. The maximum absolute atomic E-state index is 12.2. The molecule has 4 rings (SSSR count). The summed E-state index contributed by atoms with van der Waals surface area (Å²) in [7, 11) is -2.15. The summed E-state index contributed by atoms with van der Waals surface area (Å²) >= 11 is 0. The maximum atomic E-state index is 12.2. The Morgan fingerprint density at radius 1 is 1.21 bits per heavy atom. The molecular formula is C21H26N4O7S. The van der Waals surface area contributed by atoms with Gasteiger partial charge in [0.1, 0.15) is 5.82 Å². The summed E-state index contributed by atoms with van der Waals surface area (Å²) in [5.41, 5.74) is 0.492. The number of nitrogens with zero attached hydrogens (tertiary/aromatic N) is 2. The van der Waals surface area contributed by atoms with E-state index in [0.717, 1.165) is 25.7 Å². The van der Waals surface area contributed by atoms with Crippen molar-refractivity contribution in [1.29, 1.82) is 0 Å². The van der Waals surface area contributed by atoms with Crippen molar-refractivity contribution in [1.82, 2.24) is 14.3 Å². The summed E-state index contributed by atoms with van der Waals surface area (Å²) in [6, 6.07) is 5.10. The molecule has 0 bridgehead atoms. The lowest BCUT2D eigenvalue weighted by Gasteiger charge is -2.21. The predicted octanol–water partition coefficient (Wildman–Crippen LogP) is 1.62. The maximum Gasteiger partial charge on any atom is 0.307 e. The Kier molecular flexibility index (Phi) is 6.30. The van der Waals surface area contributed by atoms with Gasteiger partial charge in [0.25, 0.3) is 21.7 Å². The van der Waals surface area contributed by atoms with Crippen LogP contribution in [0, 0.1) is 6.92 Å². The zero-order chi connectivity index (χ0) is 23.6. The number of hydrogen-bond donors (Lipinski definition) is 2. The molecule has 1 aromatic carbocycles. The number of benzene rings is 1. The highest BCUT2D eigenvalue weighted by Crippen LogP contribution is 2.47. The molecule has 2 aromatic rings. The third-order valence-corrected chi connectivity index (χ3v) is 6.86. The standard InChI is InChI=1S/C21H26N4O7S/c1-14-23-19(12-25(14)2)33(28,29)22-10-7-20(27)30-13-18(26)24-15-5-6-16-17(11-15)32-21(31-16)8-3-4-9-21/h5-6,11-12,22H,3-4,7-10,13H2,1-2H3,(H,24,26). The second-order valence-electron chi connectivity index (χ2n) is 8.08. The first kappa shape index (κ1) is 23.1. The number of anilines is 1. The number of nitrogens with one attached hydrogen (secondary N) is 2. The SMILES string of the molecule is Cc1nc(S(=O)(=O)NCCC(=O)OCC(=O)Nc2ccc3c(c2)OC2(CCCC2)O3)cn1C. The van der Waals surface area contributed by atoms with Gasteiger partial charge in [-0.1, -0.05) is 0 Å². The van der Waals surface area contributed by atoms with Crippen LogP contribution in [0.3, 0.4) is 0 Å². The zero-order valence-corrected chi connectivity index (χ0v) is 19.2. The largest absolute Gasteiger partial charge is 0.456 e. The molecule has 0 radical (unpaired) electrons. The van der Waals surface area contributed by atoms with Crippen LogP contribution in [0.4, 0.5) is 5.69 Å². The quantitative estimate of drug-likeness (QED) is 0.546. The predicted molar refractivity (Wildman–Crippen MR) is 116 cm³/mol. The molecule has 1 spiro atoms. The zero-order valence-electron chi connectivity index (χ0n) is 18.4. The lowest BCUT2D eigenvalue weighted by atomic mass is 10.2. The summed E-state index contributed by atoms with van der Waals surface area (Å²) in [5.74, 6) is -0.0634. The van der Waals surface area contributed by atoms with Gasteiger partial charge < -0.3 is 24.1 Å². The second kappa shape index (κ2) is 9.02. The van der Waals surface area contributed by atoms with E-state index in [9.17, 15) is 18.0 Å². The molecule has 1 aromatic heterocycles. The number of fused-ring (bicyclic) bond motifs is 1. The van der Waals surface area contributed by atoms with Crippen LogP contribution in [0.25, 0.3) is 0 Å². The fraction of sp³-hybridized carbons (Fsp3) is 0.476. The number of aryl methyl sites for hydroxylation is 2. The molecule has 2 N–H and O–H groups in total. The minimum atomic E-state index is -3.83. The van der Waals surface area contributed by atoms with Crippen LogP contribution in [0.15, 0.2) is 29.4 Å². The van der Waals surface area contributed by atoms with E-state index in [1.165, 1.54) is 6.20 Å². The van der Waals surface area contributed by atoms with Crippen LogP contribution in [-0.2, 0) is 31.4 Å². The van der Waals surface area contributed by atoms with Crippen molar-refractivity contribution in [3.63, 3.8) is 0 Å². The normalized spacial score (nSPS) is 16.2. The average molecular weight is 479 g/mol. The van der Waals surface area contributed by atoms with Crippen LogP contribution in [0.5, 0.6) is 11.5 Å². The van der Waals surface area contributed by atoms with Gasteiger partial charge >= 0.3 is 5.97 Å². The number of carbonyl (C=O) groups excluding carboxylic acids is 2. The Balaban J connectivity index is 1.20.